The minimum atomic E-state index is -0.676. The second-order valence-electron chi connectivity index (χ2n) is 5.81. The van der Waals surface area contributed by atoms with Crippen LogP contribution >= 0.6 is 0 Å². The number of ketones is 1. The number of nitrogens with zero attached hydrogens (tertiary/aromatic N) is 1. The van der Waals surface area contributed by atoms with E-state index in [1.807, 2.05) is 18.2 Å². The van der Waals surface area contributed by atoms with Crippen LogP contribution in [-0.2, 0) is 9.53 Å². The van der Waals surface area contributed by atoms with Gasteiger partial charge in [-0.15, -0.1) is 0 Å². The van der Waals surface area contributed by atoms with Crippen molar-refractivity contribution in [3.8, 4) is 5.75 Å². The fraction of sp³-hybridized carbons (Fsp3) is 0.250. The van der Waals surface area contributed by atoms with E-state index in [0.29, 0.717) is 11.3 Å². The van der Waals surface area contributed by atoms with Gasteiger partial charge < -0.3 is 9.47 Å². The Hall–Kier alpha value is -3.15. The molecule has 0 bridgehead atoms. The highest BCUT2D eigenvalue weighted by atomic mass is 16.5. The molecule has 0 saturated heterocycles. The summed E-state index contributed by atoms with van der Waals surface area (Å²) in [6, 6.07) is 15.5. The van der Waals surface area contributed by atoms with Crippen molar-refractivity contribution in [1.82, 2.24) is 5.43 Å². The van der Waals surface area contributed by atoms with E-state index in [9.17, 15) is 9.59 Å². The fourth-order valence-corrected chi connectivity index (χ4v) is 2.97. The summed E-state index contributed by atoms with van der Waals surface area (Å²) in [5.74, 6) is -0.494. The van der Waals surface area contributed by atoms with Crippen LogP contribution in [0.25, 0.3) is 0 Å². The van der Waals surface area contributed by atoms with Gasteiger partial charge in [-0.25, -0.2) is 4.79 Å². The van der Waals surface area contributed by atoms with Gasteiger partial charge in [-0.2, -0.15) is 5.10 Å². The maximum absolute atomic E-state index is 13.0. The van der Waals surface area contributed by atoms with Gasteiger partial charge in [-0.3, -0.25) is 10.2 Å². The summed E-state index contributed by atoms with van der Waals surface area (Å²) in [7, 11) is 1.58. The largest absolute Gasteiger partial charge is 0.497 e. The molecule has 3 rings (SSSR count). The molecule has 2 atom stereocenters. The van der Waals surface area contributed by atoms with Crippen LogP contribution in [0, 0.1) is 0 Å². The smallest absolute Gasteiger partial charge is 0.355 e. The molecule has 0 aliphatic carbocycles. The summed E-state index contributed by atoms with van der Waals surface area (Å²) < 4.78 is 10.3. The van der Waals surface area contributed by atoms with E-state index in [1.165, 1.54) is 0 Å². The maximum Gasteiger partial charge on any atom is 0.355 e. The normalized spacial score (nSPS) is 18.6. The van der Waals surface area contributed by atoms with Gasteiger partial charge >= 0.3 is 5.97 Å². The first-order valence-corrected chi connectivity index (χ1v) is 8.39. The molecule has 2 aromatic carbocycles. The second-order valence-corrected chi connectivity index (χ2v) is 5.81. The number of ether oxygens (including phenoxy) is 2. The molecule has 2 aromatic rings. The molecule has 0 radical (unpaired) electrons. The van der Waals surface area contributed by atoms with Crippen molar-refractivity contribution in [1.29, 1.82) is 0 Å². The number of hydrogen-bond acceptors (Lipinski definition) is 6. The molecule has 1 aliphatic rings. The summed E-state index contributed by atoms with van der Waals surface area (Å²) in [5, 5.41) is 4.12. The number of methoxy groups -OCH3 is 1. The predicted octanol–water partition coefficient (Wildman–Crippen LogP) is 2.55. The van der Waals surface area contributed by atoms with Gasteiger partial charge in [0.2, 0.25) is 0 Å². The van der Waals surface area contributed by atoms with Crippen molar-refractivity contribution in [3.05, 3.63) is 65.7 Å². The van der Waals surface area contributed by atoms with Crippen molar-refractivity contribution < 1.29 is 19.1 Å². The summed E-state index contributed by atoms with van der Waals surface area (Å²) in [6.45, 7) is 1.97. The van der Waals surface area contributed by atoms with Gasteiger partial charge in [-0.1, -0.05) is 42.5 Å². The number of Topliss-reactive ketones (excluding diaryl/α,β-unsaturated/α-hetero) is 1. The average molecular weight is 352 g/mol. The SMILES string of the molecule is CCOC(=O)C1=NN[C@H](C(=O)c2ccccc2)[C@H]1c1ccc(OC)cc1. The molecule has 1 heterocycles. The van der Waals surface area contributed by atoms with Crippen molar-refractivity contribution in [3.63, 3.8) is 0 Å². The highest BCUT2D eigenvalue weighted by Crippen LogP contribution is 2.30. The molecule has 6 heteroatoms. The third-order valence-electron chi connectivity index (χ3n) is 4.25. The molecular weight excluding hydrogens is 332 g/mol. The standard InChI is InChI=1S/C20H20N2O4/c1-3-26-20(24)18-16(13-9-11-15(25-2)12-10-13)17(21-22-18)19(23)14-7-5-4-6-8-14/h4-12,16-17,21H,3H2,1-2H3/t16-,17+/m1/s1. The second kappa shape index (κ2) is 7.82. The molecule has 1 N–H and O–H groups in total. The van der Waals surface area contributed by atoms with E-state index in [0.717, 1.165) is 5.56 Å². The van der Waals surface area contributed by atoms with Crippen molar-refractivity contribution in [2.75, 3.05) is 13.7 Å². The number of nitrogens with one attached hydrogen (secondary N) is 1. The van der Waals surface area contributed by atoms with E-state index >= 15 is 0 Å². The Balaban J connectivity index is 1.96. The summed E-state index contributed by atoms with van der Waals surface area (Å²) in [4.78, 5) is 25.3. The van der Waals surface area contributed by atoms with Crippen LogP contribution in [0.15, 0.2) is 59.7 Å². The van der Waals surface area contributed by atoms with Crippen LogP contribution in [0.3, 0.4) is 0 Å². The zero-order chi connectivity index (χ0) is 18.5. The van der Waals surface area contributed by atoms with Crippen LogP contribution < -0.4 is 10.2 Å². The highest BCUT2D eigenvalue weighted by Gasteiger charge is 2.41. The molecule has 134 valence electrons. The summed E-state index contributed by atoms with van der Waals surface area (Å²) in [6.07, 6.45) is 0. The summed E-state index contributed by atoms with van der Waals surface area (Å²) in [5.41, 5.74) is 4.38. The molecule has 0 amide bonds. The zero-order valence-corrected chi connectivity index (χ0v) is 14.6. The maximum atomic E-state index is 13.0. The molecule has 26 heavy (non-hydrogen) atoms. The lowest BCUT2D eigenvalue weighted by atomic mass is 9.84. The Bertz CT molecular complexity index is 815. The number of rotatable bonds is 6. The zero-order valence-electron chi connectivity index (χ0n) is 14.6. The van der Waals surface area contributed by atoms with Gasteiger partial charge in [0, 0.05) is 5.56 Å². The van der Waals surface area contributed by atoms with Crippen LogP contribution in [0.4, 0.5) is 0 Å². The monoisotopic (exact) mass is 352 g/mol. The van der Waals surface area contributed by atoms with Crippen LogP contribution in [-0.4, -0.2) is 37.2 Å². The van der Waals surface area contributed by atoms with Gasteiger partial charge in [-0.05, 0) is 24.6 Å². The first-order chi connectivity index (χ1) is 12.7. The number of hydrogen-bond donors (Lipinski definition) is 1. The van der Waals surface area contributed by atoms with E-state index in [4.69, 9.17) is 9.47 Å². The van der Waals surface area contributed by atoms with E-state index in [1.54, 1.807) is 50.4 Å². The van der Waals surface area contributed by atoms with Crippen LogP contribution in [0.2, 0.25) is 0 Å². The molecule has 1 aliphatic heterocycles. The van der Waals surface area contributed by atoms with Crippen molar-refractivity contribution in [2.24, 2.45) is 5.10 Å². The third kappa shape index (κ3) is 3.44. The first-order valence-electron chi connectivity index (χ1n) is 8.39. The molecular formula is C20H20N2O4. The fourth-order valence-electron chi connectivity index (χ4n) is 2.97. The lowest BCUT2D eigenvalue weighted by Crippen LogP contribution is -2.37. The molecule has 6 nitrogen and oxygen atoms in total. The lowest BCUT2D eigenvalue weighted by Gasteiger charge is -2.20. The molecule has 0 spiro atoms. The van der Waals surface area contributed by atoms with Gasteiger partial charge in [0.1, 0.15) is 11.8 Å². The topological polar surface area (TPSA) is 77.0 Å². The Morgan fingerprint density at radius 2 is 1.77 bits per heavy atom. The number of carbonyl (C=O) groups is 2. The minimum absolute atomic E-state index is 0.130. The van der Waals surface area contributed by atoms with E-state index in [2.05, 4.69) is 10.5 Å². The van der Waals surface area contributed by atoms with Gasteiger partial charge in [0.25, 0.3) is 0 Å². The first kappa shape index (κ1) is 17.7. The molecule has 0 aromatic heterocycles. The van der Waals surface area contributed by atoms with Gasteiger partial charge in [0.05, 0.1) is 19.6 Å². The average Bonchev–Trinajstić information content (AvgIpc) is 3.13. The Morgan fingerprint density at radius 1 is 1.08 bits per heavy atom. The number of hydrazone groups is 1. The molecule has 0 fully saturated rings. The Labute approximate surface area is 151 Å². The lowest BCUT2D eigenvalue weighted by molar-refractivity contribution is -0.135. The highest BCUT2D eigenvalue weighted by molar-refractivity contribution is 6.40. The van der Waals surface area contributed by atoms with E-state index in [-0.39, 0.29) is 18.1 Å². The van der Waals surface area contributed by atoms with Crippen molar-refractivity contribution in [2.45, 2.75) is 18.9 Å². The Morgan fingerprint density at radius 3 is 2.38 bits per heavy atom. The van der Waals surface area contributed by atoms with Crippen LogP contribution in [0.1, 0.15) is 28.8 Å². The molecule has 0 saturated carbocycles. The quantitative estimate of drug-likeness (QED) is 0.639. The third-order valence-corrected chi connectivity index (χ3v) is 4.25. The Kier molecular flexibility index (Phi) is 5.31. The number of esters is 1. The van der Waals surface area contributed by atoms with Gasteiger partial charge in [0.15, 0.2) is 11.5 Å². The predicted molar refractivity (Wildman–Crippen MR) is 97.5 cm³/mol. The van der Waals surface area contributed by atoms with Crippen molar-refractivity contribution >= 4 is 17.5 Å². The number of carbonyl (C=O) groups excluding carboxylic acids is 2. The number of benzene rings is 2. The minimum Gasteiger partial charge on any atom is -0.497 e. The van der Waals surface area contributed by atoms with Crippen LogP contribution in [0.5, 0.6) is 5.75 Å². The summed E-state index contributed by atoms with van der Waals surface area (Å²) >= 11 is 0. The van der Waals surface area contributed by atoms with E-state index < -0.39 is 17.9 Å². The molecule has 0 unspecified atom stereocenters.